The van der Waals surface area contributed by atoms with E-state index in [1.807, 2.05) is 13.8 Å². The third-order valence-corrected chi connectivity index (χ3v) is 2.55. The smallest absolute Gasteiger partial charge is 0.407 e. The molecule has 2 atom stereocenters. The maximum absolute atomic E-state index is 11.8. The van der Waals surface area contributed by atoms with Crippen LogP contribution in [0.3, 0.4) is 0 Å². The zero-order valence-electron chi connectivity index (χ0n) is 13.5. The van der Waals surface area contributed by atoms with Crippen molar-refractivity contribution in [3.8, 4) is 0 Å². The van der Waals surface area contributed by atoms with Gasteiger partial charge in [0.1, 0.15) is 12.2 Å². The van der Waals surface area contributed by atoms with Gasteiger partial charge in [0, 0.05) is 0 Å². The Kier molecular flexibility index (Phi) is 8.02. The average Bonchev–Trinajstić information content (AvgIpc) is 2.30. The van der Waals surface area contributed by atoms with Crippen LogP contribution in [0.1, 0.15) is 41.0 Å². The first-order chi connectivity index (χ1) is 9.56. The van der Waals surface area contributed by atoms with Crippen molar-refractivity contribution in [2.45, 2.75) is 58.8 Å². The Labute approximate surface area is 126 Å². The van der Waals surface area contributed by atoms with E-state index in [9.17, 15) is 14.7 Å². The minimum absolute atomic E-state index is 0.0697. The lowest BCUT2D eigenvalue weighted by atomic mass is 9.96. The highest BCUT2D eigenvalue weighted by Gasteiger charge is 2.28. The Morgan fingerprint density at radius 1 is 1.33 bits per heavy atom. The maximum atomic E-state index is 11.8. The molecule has 0 rings (SSSR count). The van der Waals surface area contributed by atoms with Gasteiger partial charge >= 0.3 is 12.1 Å². The van der Waals surface area contributed by atoms with E-state index in [2.05, 4.69) is 11.9 Å². The van der Waals surface area contributed by atoms with Gasteiger partial charge in [-0.05, 0) is 26.7 Å². The van der Waals surface area contributed by atoms with Crippen molar-refractivity contribution in [1.29, 1.82) is 0 Å². The fraction of sp³-hybridized carbons (Fsp3) is 0.733. The van der Waals surface area contributed by atoms with E-state index in [0.717, 1.165) is 0 Å². The van der Waals surface area contributed by atoms with Crippen LogP contribution in [0, 0.1) is 5.92 Å². The summed E-state index contributed by atoms with van der Waals surface area (Å²) in [6.07, 6.45) is -0.426. The molecule has 0 aromatic carbocycles. The number of carbonyl (C=O) groups is 2. The van der Waals surface area contributed by atoms with Crippen molar-refractivity contribution < 1.29 is 24.2 Å². The number of nitrogens with one attached hydrogen (secondary N) is 1. The molecule has 0 aromatic heterocycles. The molecule has 0 fully saturated rings. The second-order valence-electron chi connectivity index (χ2n) is 6.16. The summed E-state index contributed by atoms with van der Waals surface area (Å²) in [5.41, 5.74) is -0.626. The molecule has 0 saturated carbocycles. The van der Waals surface area contributed by atoms with Gasteiger partial charge in [0.2, 0.25) is 0 Å². The topological polar surface area (TPSA) is 84.9 Å². The van der Waals surface area contributed by atoms with E-state index in [1.165, 1.54) is 6.08 Å². The molecule has 6 nitrogen and oxygen atoms in total. The van der Waals surface area contributed by atoms with Crippen LogP contribution in [0.25, 0.3) is 0 Å². The van der Waals surface area contributed by atoms with E-state index >= 15 is 0 Å². The fourth-order valence-electron chi connectivity index (χ4n) is 1.66. The van der Waals surface area contributed by atoms with Crippen LogP contribution in [-0.2, 0) is 14.3 Å². The average molecular weight is 301 g/mol. The molecule has 0 saturated heterocycles. The molecular formula is C15H27NO5. The van der Waals surface area contributed by atoms with Gasteiger partial charge in [0.25, 0.3) is 0 Å². The van der Waals surface area contributed by atoms with Gasteiger partial charge in [0.05, 0.1) is 18.6 Å². The van der Waals surface area contributed by atoms with Crippen molar-refractivity contribution in [2.24, 2.45) is 5.92 Å². The number of hydrogen-bond acceptors (Lipinski definition) is 5. The van der Waals surface area contributed by atoms with Crippen LogP contribution in [0.5, 0.6) is 0 Å². The SMILES string of the molecule is C=CCOC(=O)C[C@H](O)[C@H](NC(=O)OC(C)(C)C)C(C)C. The molecule has 0 radical (unpaired) electrons. The summed E-state index contributed by atoms with van der Waals surface area (Å²) >= 11 is 0. The van der Waals surface area contributed by atoms with E-state index in [1.54, 1.807) is 20.8 Å². The second-order valence-corrected chi connectivity index (χ2v) is 6.16. The number of alkyl carbamates (subject to hydrolysis) is 1. The number of amides is 1. The Morgan fingerprint density at radius 2 is 1.90 bits per heavy atom. The summed E-state index contributed by atoms with van der Waals surface area (Å²) in [6.45, 7) is 12.4. The highest BCUT2D eigenvalue weighted by molar-refractivity contribution is 5.71. The monoisotopic (exact) mass is 301 g/mol. The summed E-state index contributed by atoms with van der Waals surface area (Å²) in [5.74, 6) is -0.612. The van der Waals surface area contributed by atoms with Crippen molar-refractivity contribution in [1.82, 2.24) is 5.32 Å². The van der Waals surface area contributed by atoms with E-state index < -0.39 is 29.8 Å². The van der Waals surface area contributed by atoms with Crippen molar-refractivity contribution in [3.63, 3.8) is 0 Å². The Hall–Kier alpha value is -1.56. The second kappa shape index (κ2) is 8.67. The van der Waals surface area contributed by atoms with Gasteiger partial charge in [0.15, 0.2) is 0 Å². The molecule has 0 bridgehead atoms. The lowest BCUT2D eigenvalue weighted by Crippen LogP contribution is -2.49. The zero-order chi connectivity index (χ0) is 16.6. The minimum Gasteiger partial charge on any atom is -0.461 e. The van der Waals surface area contributed by atoms with Crippen molar-refractivity contribution in [3.05, 3.63) is 12.7 Å². The van der Waals surface area contributed by atoms with E-state index in [0.29, 0.717) is 0 Å². The zero-order valence-corrected chi connectivity index (χ0v) is 13.5. The largest absolute Gasteiger partial charge is 0.461 e. The first kappa shape index (κ1) is 19.4. The maximum Gasteiger partial charge on any atom is 0.407 e. The molecule has 2 N–H and O–H groups in total. The summed E-state index contributed by atoms with van der Waals surface area (Å²) in [6, 6.07) is -0.601. The van der Waals surface area contributed by atoms with Gasteiger partial charge in [-0.15, -0.1) is 0 Å². The van der Waals surface area contributed by atoms with E-state index in [-0.39, 0.29) is 18.9 Å². The molecule has 0 unspecified atom stereocenters. The lowest BCUT2D eigenvalue weighted by Gasteiger charge is -2.28. The van der Waals surface area contributed by atoms with Gasteiger partial charge in [-0.2, -0.15) is 0 Å². The van der Waals surface area contributed by atoms with Crippen LogP contribution in [0.15, 0.2) is 12.7 Å². The minimum atomic E-state index is -1.05. The standard InChI is InChI=1S/C15H27NO5/c1-7-8-20-12(18)9-11(17)13(10(2)3)16-14(19)21-15(4,5)6/h7,10-11,13,17H,1,8-9H2,2-6H3,(H,16,19)/t11-,13+/m0/s1. The number of carbonyl (C=O) groups excluding carboxylic acids is 2. The Balaban J connectivity index is 4.56. The molecule has 21 heavy (non-hydrogen) atoms. The van der Waals surface area contributed by atoms with Crippen LogP contribution >= 0.6 is 0 Å². The van der Waals surface area contributed by atoms with Crippen molar-refractivity contribution in [2.75, 3.05) is 6.61 Å². The van der Waals surface area contributed by atoms with Gasteiger partial charge in [-0.1, -0.05) is 26.5 Å². The molecule has 0 aliphatic carbocycles. The Bertz CT molecular complexity index is 360. The van der Waals surface area contributed by atoms with Crippen LogP contribution in [0.4, 0.5) is 4.79 Å². The van der Waals surface area contributed by atoms with Gasteiger partial charge in [-0.25, -0.2) is 4.79 Å². The quantitative estimate of drug-likeness (QED) is 0.555. The molecule has 0 spiro atoms. The van der Waals surface area contributed by atoms with Crippen LogP contribution < -0.4 is 5.32 Å². The van der Waals surface area contributed by atoms with Crippen molar-refractivity contribution >= 4 is 12.1 Å². The summed E-state index contributed by atoms with van der Waals surface area (Å²) in [7, 11) is 0. The molecule has 0 aromatic rings. The number of rotatable bonds is 7. The molecule has 0 aliphatic rings. The third-order valence-electron chi connectivity index (χ3n) is 2.55. The summed E-state index contributed by atoms with van der Waals surface area (Å²) in [4.78, 5) is 23.2. The predicted octanol–water partition coefficient (Wildman–Crippen LogP) is 2.02. The Morgan fingerprint density at radius 3 is 2.33 bits per heavy atom. The molecule has 0 heterocycles. The lowest BCUT2D eigenvalue weighted by molar-refractivity contribution is -0.145. The highest BCUT2D eigenvalue weighted by atomic mass is 16.6. The number of aliphatic hydroxyl groups excluding tert-OH is 1. The highest BCUT2D eigenvalue weighted by Crippen LogP contribution is 2.13. The fourth-order valence-corrected chi connectivity index (χ4v) is 1.66. The molecule has 1 amide bonds. The number of aliphatic hydroxyl groups is 1. The first-order valence-corrected chi connectivity index (χ1v) is 7.01. The molecular weight excluding hydrogens is 274 g/mol. The van der Waals surface area contributed by atoms with Crippen LogP contribution in [0.2, 0.25) is 0 Å². The number of ether oxygens (including phenoxy) is 2. The predicted molar refractivity (Wildman–Crippen MR) is 79.8 cm³/mol. The molecule has 6 heteroatoms. The normalized spacial score (nSPS) is 14.2. The number of hydrogen-bond donors (Lipinski definition) is 2. The van der Waals surface area contributed by atoms with Crippen LogP contribution in [-0.4, -0.2) is 41.5 Å². The van der Waals surface area contributed by atoms with Gasteiger partial charge in [-0.3, -0.25) is 4.79 Å². The first-order valence-electron chi connectivity index (χ1n) is 7.01. The molecule has 122 valence electrons. The summed E-state index contributed by atoms with van der Waals surface area (Å²) < 4.78 is 9.96. The third kappa shape index (κ3) is 9.07. The van der Waals surface area contributed by atoms with E-state index in [4.69, 9.17) is 9.47 Å². The number of esters is 1. The molecule has 0 aliphatic heterocycles. The van der Waals surface area contributed by atoms with Gasteiger partial charge < -0.3 is 19.9 Å². The summed E-state index contributed by atoms with van der Waals surface area (Å²) in [5, 5.41) is 12.7.